The van der Waals surface area contributed by atoms with Gasteiger partial charge in [0.15, 0.2) is 0 Å². The second-order valence-electron chi connectivity index (χ2n) is 4.47. The maximum absolute atomic E-state index is 13.4. The Morgan fingerprint density at radius 2 is 1.95 bits per heavy atom. The number of nitrogens with two attached hydrogens (primary N) is 1. The Balaban J connectivity index is 2.22. The molecule has 0 bridgehead atoms. The van der Waals surface area contributed by atoms with Gasteiger partial charge in [0.2, 0.25) is 0 Å². The maximum atomic E-state index is 13.4. The molecule has 0 aliphatic rings. The van der Waals surface area contributed by atoms with Gasteiger partial charge in [-0.3, -0.25) is 10.1 Å². The summed E-state index contributed by atoms with van der Waals surface area (Å²) in [6.07, 6.45) is 0. The highest BCUT2D eigenvalue weighted by molar-refractivity contribution is 5.63. The minimum atomic E-state index is -0.603. The number of nitrogen functional groups attached to an aromatic ring is 1. The monoisotopic (exact) mass is 275 g/mol. The van der Waals surface area contributed by atoms with Gasteiger partial charge in [-0.15, -0.1) is 0 Å². The predicted molar refractivity (Wildman–Crippen MR) is 76.0 cm³/mol. The van der Waals surface area contributed by atoms with E-state index in [2.05, 4.69) is 5.32 Å². The number of nitro groups is 1. The fourth-order valence-corrected chi connectivity index (χ4v) is 1.80. The molecular weight excluding hydrogens is 261 g/mol. The van der Waals surface area contributed by atoms with Crippen molar-refractivity contribution in [1.29, 1.82) is 0 Å². The summed E-state index contributed by atoms with van der Waals surface area (Å²) in [5.74, 6) is -0.588. The van der Waals surface area contributed by atoms with Gasteiger partial charge in [0.05, 0.1) is 11.0 Å². The van der Waals surface area contributed by atoms with Gasteiger partial charge in [0.1, 0.15) is 11.5 Å². The standard InChI is InChI=1S/C14H14FN3O2/c1-9-6-13(14(18(19)20)7-12(9)15)17-8-10-2-4-11(16)5-3-10/h2-7,17H,8,16H2,1H3. The van der Waals surface area contributed by atoms with Gasteiger partial charge >= 0.3 is 0 Å². The van der Waals surface area contributed by atoms with E-state index in [1.807, 2.05) is 12.1 Å². The zero-order valence-electron chi connectivity index (χ0n) is 10.9. The SMILES string of the molecule is Cc1cc(NCc2ccc(N)cc2)c([N+](=O)[O-])cc1F. The van der Waals surface area contributed by atoms with Crippen LogP contribution >= 0.6 is 0 Å². The number of hydrogen-bond donors (Lipinski definition) is 2. The van der Waals surface area contributed by atoms with Crippen molar-refractivity contribution in [3.63, 3.8) is 0 Å². The number of anilines is 2. The van der Waals surface area contributed by atoms with Crippen LogP contribution in [0.15, 0.2) is 36.4 Å². The average molecular weight is 275 g/mol. The van der Waals surface area contributed by atoms with Crippen LogP contribution in [0.2, 0.25) is 0 Å². The normalized spacial score (nSPS) is 10.3. The predicted octanol–water partition coefficient (Wildman–Crippen LogP) is 3.24. The largest absolute Gasteiger partial charge is 0.399 e. The topological polar surface area (TPSA) is 81.2 Å². The van der Waals surface area contributed by atoms with Crippen molar-refractivity contribution in [3.05, 3.63) is 63.5 Å². The number of nitro benzene ring substituents is 1. The zero-order valence-corrected chi connectivity index (χ0v) is 10.9. The van der Waals surface area contributed by atoms with Crippen LogP contribution in [0, 0.1) is 22.9 Å². The Morgan fingerprint density at radius 1 is 1.30 bits per heavy atom. The molecule has 0 radical (unpaired) electrons. The number of benzene rings is 2. The quantitative estimate of drug-likeness (QED) is 0.510. The van der Waals surface area contributed by atoms with Crippen molar-refractivity contribution in [2.45, 2.75) is 13.5 Å². The molecule has 0 atom stereocenters. The second kappa shape index (κ2) is 5.56. The molecule has 0 aliphatic heterocycles. The number of rotatable bonds is 4. The minimum Gasteiger partial charge on any atom is -0.399 e. The fraction of sp³-hybridized carbons (Fsp3) is 0.143. The Hall–Kier alpha value is -2.63. The summed E-state index contributed by atoms with van der Waals surface area (Å²) in [6, 6.07) is 9.52. The molecule has 5 nitrogen and oxygen atoms in total. The Morgan fingerprint density at radius 3 is 2.55 bits per heavy atom. The first-order valence-corrected chi connectivity index (χ1v) is 6.00. The third kappa shape index (κ3) is 3.03. The van der Waals surface area contributed by atoms with Crippen LogP contribution < -0.4 is 11.1 Å². The van der Waals surface area contributed by atoms with Crippen LogP contribution in [0.3, 0.4) is 0 Å². The number of hydrogen-bond acceptors (Lipinski definition) is 4. The first kappa shape index (κ1) is 13.8. The van der Waals surface area contributed by atoms with E-state index in [-0.39, 0.29) is 5.69 Å². The molecule has 104 valence electrons. The van der Waals surface area contributed by atoms with E-state index in [0.717, 1.165) is 11.6 Å². The molecule has 0 amide bonds. The van der Waals surface area contributed by atoms with Crippen LogP contribution in [-0.2, 0) is 6.54 Å². The number of halogens is 1. The molecule has 20 heavy (non-hydrogen) atoms. The van der Waals surface area contributed by atoms with E-state index in [9.17, 15) is 14.5 Å². The first-order valence-electron chi connectivity index (χ1n) is 6.00. The van der Waals surface area contributed by atoms with Crippen molar-refractivity contribution >= 4 is 17.1 Å². The first-order chi connectivity index (χ1) is 9.47. The summed E-state index contributed by atoms with van der Waals surface area (Å²) in [7, 11) is 0. The maximum Gasteiger partial charge on any atom is 0.295 e. The molecule has 6 heteroatoms. The van der Waals surface area contributed by atoms with E-state index in [0.29, 0.717) is 23.5 Å². The van der Waals surface area contributed by atoms with E-state index in [4.69, 9.17) is 5.73 Å². The van der Waals surface area contributed by atoms with Crippen molar-refractivity contribution in [3.8, 4) is 0 Å². The molecule has 0 heterocycles. The molecule has 0 unspecified atom stereocenters. The molecule has 0 aromatic heterocycles. The number of aryl methyl sites for hydroxylation is 1. The Kier molecular flexibility index (Phi) is 3.84. The highest BCUT2D eigenvalue weighted by atomic mass is 19.1. The molecule has 2 aromatic rings. The molecule has 0 spiro atoms. The average Bonchev–Trinajstić information content (AvgIpc) is 2.41. The van der Waals surface area contributed by atoms with Gasteiger partial charge in [-0.05, 0) is 36.2 Å². The van der Waals surface area contributed by atoms with Crippen molar-refractivity contribution in [2.24, 2.45) is 0 Å². The second-order valence-corrected chi connectivity index (χ2v) is 4.47. The van der Waals surface area contributed by atoms with Gasteiger partial charge < -0.3 is 11.1 Å². The molecule has 0 saturated heterocycles. The van der Waals surface area contributed by atoms with Crippen LogP contribution in [-0.4, -0.2) is 4.92 Å². The van der Waals surface area contributed by atoms with E-state index in [1.54, 1.807) is 19.1 Å². The van der Waals surface area contributed by atoms with Gasteiger partial charge in [-0.25, -0.2) is 4.39 Å². The summed E-state index contributed by atoms with van der Waals surface area (Å²) in [6.45, 7) is 1.96. The van der Waals surface area contributed by atoms with Gasteiger partial charge in [-0.1, -0.05) is 12.1 Å². The molecule has 2 aromatic carbocycles. The third-order valence-electron chi connectivity index (χ3n) is 2.94. The highest BCUT2D eigenvalue weighted by Crippen LogP contribution is 2.28. The number of nitrogens with zero attached hydrogens (tertiary/aromatic N) is 1. The van der Waals surface area contributed by atoms with Crippen molar-refractivity contribution in [1.82, 2.24) is 0 Å². The van der Waals surface area contributed by atoms with Gasteiger partial charge in [0, 0.05) is 12.2 Å². The lowest BCUT2D eigenvalue weighted by Gasteiger charge is -2.09. The lowest BCUT2D eigenvalue weighted by atomic mass is 10.1. The molecule has 0 fully saturated rings. The summed E-state index contributed by atoms with van der Waals surface area (Å²) < 4.78 is 13.4. The Bertz CT molecular complexity index is 642. The van der Waals surface area contributed by atoms with Crippen molar-refractivity contribution in [2.75, 3.05) is 11.1 Å². The van der Waals surface area contributed by atoms with Crippen molar-refractivity contribution < 1.29 is 9.31 Å². The van der Waals surface area contributed by atoms with Crippen LogP contribution in [0.25, 0.3) is 0 Å². The summed E-state index contributed by atoms with van der Waals surface area (Å²) in [4.78, 5) is 10.3. The summed E-state index contributed by atoms with van der Waals surface area (Å²) in [5.41, 5.74) is 7.54. The van der Waals surface area contributed by atoms with Crippen LogP contribution in [0.4, 0.5) is 21.5 Å². The lowest BCUT2D eigenvalue weighted by Crippen LogP contribution is -2.04. The van der Waals surface area contributed by atoms with Crippen LogP contribution in [0.5, 0.6) is 0 Å². The number of nitrogens with one attached hydrogen (secondary N) is 1. The third-order valence-corrected chi connectivity index (χ3v) is 2.94. The van der Waals surface area contributed by atoms with E-state index in [1.165, 1.54) is 6.07 Å². The van der Waals surface area contributed by atoms with Gasteiger partial charge in [0.25, 0.3) is 5.69 Å². The van der Waals surface area contributed by atoms with Crippen LogP contribution in [0.1, 0.15) is 11.1 Å². The van der Waals surface area contributed by atoms with Gasteiger partial charge in [-0.2, -0.15) is 0 Å². The summed E-state index contributed by atoms with van der Waals surface area (Å²) in [5, 5.41) is 13.9. The van der Waals surface area contributed by atoms with E-state index >= 15 is 0 Å². The molecular formula is C14H14FN3O2. The molecule has 2 rings (SSSR count). The lowest BCUT2D eigenvalue weighted by molar-refractivity contribution is -0.384. The smallest absolute Gasteiger partial charge is 0.295 e. The minimum absolute atomic E-state index is 0.274. The highest BCUT2D eigenvalue weighted by Gasteiger charge is 2.16. The summed E-state index contributed by atoms with van der Waals surface area (Å²) >= 11 is 0. The fourth-order valence-electron chi connectivity index (χ4n) is 1.80. The molecule has 0 aliphatic carbocycles. The zero-order chi connectivity index (χ0) is 14.7. The Labute approximate surface area is 115 Å². The van der Waals surface area contributed by atoms with E-state index < -0.39 is 10.7 Å². The molecule has 3 N–H and O–H groups in total. The molecule has 0 saturated carbocycles.